The van der Waals surface area contributed by atoms with Gasteiger partial charge in [-0.25, -0.2) is 0 Å². The second kappa shape index (κ2) is 32.8. The summed E-state index contributed by atoms with van der Waals surface area (Å²) in [6.45, 7) is 33.9. The van der Waals surface area contributed by atoms with Gasteiger partial charge in [0.25, 0.3) is 0 Å². The number of nitrogens with zero attached hydrogens (tertiary/aromatic N) is 4. The first-order valence-electron chi connectivity index (χ1n) is 15.3. The molecule has 0 amide bonds. The molecule has 0 atom stereocenters. The molecule has 4 heteroatoms. The molecule has 0 aliphatic carbocycles. The molecule has 0 unspecified atom stereocenters. The Hall–Kier alpha value is -2.36. The SMILES string of the molecule is CC(C)/C=C\C=NC(C)C.CC(C)/C=C\C=NC(C)C.CC(C)C=N/C=C\C(C)C.CC(C)C=N/C=C\C(C)C. The number of hydrogen-bond donors (Lipinski definition) is 0. The summed E-state index contributed by atoms with van der Waals surface area (Å²) in [5.41, 5.74) is 0. The van der Waals surface area contributed by atoms with Gasteiger partial charge in [0.1, 0.15) is 0 Å². The highest BCUT2D eigenvalue weighted by Crippen LogP contribution is 1.95. The summed E-state index contributed by atoms with van der Waals surface area (Å²) in [6.07, 6.45) is 23.8. The van der Waals surface area contributed by atoms with Gasteiger partial charge in [0.05, 0.1) is 0 Å². The van der Waals surface area contributed by atoms with Crippen molar-refractivity contribution in [3.63, 3.8) is 0 Å². The first kappa shape index (κ1) is 44.7. The zero-order valence-electron chi connectivity index (χ0n) is 29.3. The largest absolute Gasteiger partial charge is 0.290 e. The molecule has 0 fully saturated rings. The molecule has 0 aromatic heterocycles. The lowest BCUT2D eigenvalue weighted by Crippen LogP contribution is -1.87. The lowest BCUT2D eigenvalue weighted by atomic mass is 10.2. The Morgan fingerprint density at radius 3 is 0.825 bits per heavy atom. The normalized spacial score (nSPS) is 13.0. The maximum absolute atomic E-state index is 4.18. The molecule has 0 aromatic carbocycles. The van der Waals surface area contributed by atoms with Crippen LogP contribution in [0.2, 0.25) is 0 Å². The molecular formula is C36H68N4. The van der Waals surface area contributed by atoms with Crippen LogP contribution in [0.1, 0.15) is 111 Å². The molecule has 0 saturated heterocycles. The van der Waals surface area contributed by atoms with Crippen molar-refractivity contribution in [3.05, 3.63) is 48.9 Å². The van der Waals surface area contributed by atoms with E-state index >= 15 is 0 Å². The molecule has 0 heterocycles. The highest BCUT2D eigenvalue weighted by Gasteiger charge is 1.85. The molecule has 4 nitrogen and oxygen atoms in total. The first-order valence-corrected chi connectivity index (χ1v) is 15.3. The van der Waals surface area contributed by atoms with Crippen molar-refractivity contribution in [2.45, 2.75) is 123 Å². The highest BCUT2D eigenvalue weighted by molar-refractivity contribution is 5.71. The van der Waals surface area contributed by atoms with E-state index in [0.29, 0.717) is 47.6 Å². The third kappa shape index (κ3) is 65.1. The Labute approximate surface area is 251 Å². The van der Waals surface area contributed by atoms with Crippen molar-refractivity contribution in [1.82, 2.24) is 0 Å². The lowest BCUT2D eigenvalue weighted by Gasteiger charge is -1.92. The number of rotatable bonds is 12. The van der Waals surface area contributed by atoms with Crippen LogP contribution in [-0.4, -0.2) is 36.9 Å². The van der Waals surface area contributed by atoms with E-state index in [2.05, 4.69) is 155 Å². The predicted octanol–water partition coefficient (Wildman–Crippen LogP) is 11.1. The summed E-state index contributed by atoms with van der Waals surface area (Å²) < 4.78 is 0. The predicted molar refractivity (Wildman–Crippen MR) is 190 cm³/mol. The quantitative estimate of drug-likeness (QED) is 0.215. The minimum atomic E-state index is 0.414. The zero-order valence-corrected chi connectivity index (χ0v) is 29.3. The Balaban J connectivity index is -0.000000216. The molecule has 0 bridgehead atoms. The molecule has 0 rings (SSSR count). The van der Waals surface area contributed by atoms with Crippen LogP contribution >= 0.6 is 0 Å². The van der Waals surface area contributed by atoms with Crippen LogP contribution in [-0.2, 0) is 0 Å². The second-order valence-corrected chi connectivity index (χ2v) is 12.3. The average Bonchev–Trinajstić information content (AvgIpc) is 2.80. The van der Waals surface area contributed by atoms with Crippen LogP contribution in [0, 0.1) is 35.5 Å². The van der Waals surface area contributed by atoms with Crippen LogP contribution in [0.25, 0.3) is 0 Å². The molecule has 0 aliphatic heterocycles. The van der Waals surface area contributed by atoms with Gasteiger partial charge in [0.15, 0.2) is 0 Å². The van der Waals surface area contributed by atoms with Crippen molar-refractivity contribution < 1.29 is 0 Å². The van der Waals surface area contributed by atoms with Gasteiger partial charge in [-0.2, -0.15) is 0 Å². The smallest absolute Gasteiger partial charge is 0.0443 e. The Bertz CT molecular complexity index is 547. The minimum absolute atomic E-state index is 0.414. The van der Waals surface area contributed by atoms with E-state index in [1.165, 1.54) is 0 Å². The average molecular weight is 557 g/mol. The van der Waals surface area contributed by atoms with Crippen molar-refractivity contribution in [1.29, 1.82) is 0 Å². The molecule has 40 heavy (non-hydrogen) atoms. The van der Waals surface area contributed by atoms with E-state index in [-0.39, 0.29) is 0 Å². The summed E-state index contributed by atoms with van der Waals surface area (Å²) in [7, 11) is 0. The van der Waals surface area contributed by atoms with Crippen molar-refractivity contribution in [3.8, 4) is 0 Å². The van der Waals surface area contributed by atoms with Gasteiger partial charge in [0, 0.05) is 49.3 Å². The number of aliphatic imine (C=N–C) groups is 4. The fourth-order valence-electron chi connectivity index (χ4n) is 1.87. The van der Waals surface area contributed by atoms with Gasteiger partial charge in [-0.1, -0.05) is 107 Å². The Morgan fingerprint density at radius 1 is 0.350 bits per heavy atom. The summed E-state index contributed by atoms with van der Waals surface area (Å²) in [5.74, 6) is 3.56. The molecular weight excluding hydrogens is 488 g/mol. The molecule has 0 spiro atoms. The fraction of sp³-hybridized carbons (Fsp3) is 0.667. The number of allylic oxidation sites excluding steroid dienone is 6. The number of hydrogen-bond acceptors (Lipinski definition) is 4. The van der Waals surface area contributed by atoms with Crippen molar-refractivity contribution in [2.24, 2.45) is 55.5 Å². The molecule has 0 saturated carbocycles. The van der Waals surface area contributed by atoms with Gasteiger partial charge in [-0.05, 0) is 75.4 Å². The molecule has 0 aliphatic rings. The van der Waals surface area contributed by atoms with E-state index < -0.39 is 0 Å². The van der Waals surface area contributed by atoms with Crippen LogP contribution in [0.5, 0.6) is 0 Å². The van der Waals surface area contributed by atoms with Gasteiger partial charge >= 0.3 is 0 Å². The van der Waals surface area contributed by atoms with Gasteiger partial charge in [-0.3, -0.25) is 20.0 Å². The Kier molecular flexibility index (Phi) is 36.7. The van der Waals surface area contributed by atoms with Gasteiger partial charge in [-0.15, -0.1) is 0 Å². The highest BCUT2D eigenvalue weighted by atomic mass is 14.7. The summed E-state index contributed by atoms with van der Waals surface area (Å²) in [4.78, 5) is 16.6. The van der Waals surface area contributed by atoms with Crippen molar-refractivity contribution in [2.75, 3.05) is 0 Å². The Morgan fingerprint density at radius 2 is 0.625 bits per heavy atom. The van der Waals surface area contributed by atoms with Crippen LogP contribution in [0.3, 0.4) is 0 Å². The van der Waals surface area contributed by atoms with Gasteiger partial charge in [0.2, 0.25) is 0 Å². The van der Waals surface area contributed by atoms with Gasteiger partial charge < -0.3 is 0 Å². The molecule has 0 N–H and O–H groups in total. The van der Waals surface area contributed by atoms with Crippen LogP contribution < -0.4 is 0 Å². The van der Waals surface area contributed by atoms with E-state index in [9.17, 15) is 0 Å². The zero-order chi connectivity index (χ0) is 31.9. The maximum Gasteiger partial charge on any atom is 0.0443 e. The standard InChI is InChI=1S/4C9H17N/c2*1-8(2)5-6-10-7-9(3)4;2*1-8(2)6-5-7-10-9(3)4/h4*5-9H,1-4H3/b4*6-5-,10-7?. The molecule has 0 radical (unpaired) electrons. The maximum atomic E-state index is 4.18. The van der Waals surface area contributed by atoms with E-state index in [1.54, 1.807) is 0 Å². The van der Waals surface area contributed by atoms with Crippen LogP contribution in [0.4, 0.5) is 0 Å². The lowest BCUT2D eigenvalue weighted by molar-refractivity contribution is 0.828. The monoisotopic (exact) mass is 557 g/mol. The summed E-state index contributed by atoms with van der Waals surface area (Å²) in [6, 6.07) is 0.827. The van der Waals surface area contributed by atoms with E-state index in [0.717, 1.165) is 0 Å². The minimum Gasteiger partial charge on any atom is -0.290 e. The molecule has 0 aromatic rings. The third-order valence-corrected chi connectivity index (χ3v) is 3.82. The van der Waals surface area contributed by atoms with Crippen molar-refractivity contribution >= 4 is 24.9 Å². The van der Waals surface area contributed by atoms with E-state index in [4.69, 9.17) is 0 Å². The summed E-state index contributed by atoms with van der Waals surface area (Å²) >= 11 is 0. The van der Waals surface area contributed by atoms with E-state index in [1.807, 2.05) is 49.4 Å². The first-order chi connectivity index (χ1) is 18.5. The third-order valence-electron chi connectivity index (χ3n) is 3.82. The molecule has 232 valence electrons. The fourth-order valence-corrected chi connectivity index (χ4v) is 1.87. The summed E-state index contributed by atoms with van der Waals surface area (Å²) in [5, 5.41) is 0. The second-order valence-electron chi connectivity index (χ2n) is 12.3. The van der Waals surface area contributed by atoms with Crippen LogP contribution in [0.15, 0.2) is 68.8 Å². The topological polar surface area (TPSA) is 49.4 Å².